The molecule has 62 heavy (non-hydrogen) atoms. The lowest BCUT2D eigenvalue weighted by Gasteiger charge is -2.37. The molecule has 2 heterocycles. The molecule has 2 aliphatic heterocycles. The number of imide groups is 2. The molecule has 10 nitrogen and oxygen atoms in total. The number of fused-ring (bicyclic) bond motifs is 2. The summed E-state index contributed by atoms with van der Waals surface area (Å²) in [6.45, 7) is 25.7. The van der Waals surface area contributed by atoms with Crippen molar-refractivity contribution in [1.82, 2.24) is 0 Å². The Morgan fingerprint density at radius 3 is 0.839 bits per heavy atom. The smallest absolute Gasteiger partial charge is 0.266 e. The lowest BCUT2D eigenvalue weighted by Crippen LogP contribution is -2.37. The second kappa shape index (κ2) is 15.2. The van der Waals surface area contributed by atoms with E-state index < -0.39 is 46.0 Å². The summed E-state index contributed by atoms with van der Waals surface area (Å²) < 4.78 is 27.4. The van der Waals surface area contributed by atoms with Crippen LogP contribution in [0.25, 0.3) is 22.3 Å². The summed E-state index contributed by atoms with van der Waals surface area (Å²) in [5.74, 6) is -2.87. The highest BCUT2D eigenvalue weighted by Gasteiger charge is 2.49. The molecular formula is C52H56N2O8. The molecule has 10 heteroatoms. The summed E-state index contributed by atoms with van der Waals surface area (Å²) in [4.78, 5) is 61.9. The first-order valence-electron chi connectivity index (χ1n) is 20.9. The molecule has 0 atom stereocenters. The fraction of sp³-hybridized carbons (Fsp3) is 0.346. The van der Waals surface area contributed by atoms with Gasteiger partial charge in [0.15, 0.2) is 23.0 Å². The molecule has 5 aromatic rings. The third kappa shape index (κ3) is 8.56. The maximum Gasteiger partial charge on any atom is 0.266 e. The van der Waals surface area contributed by atoms with Gasteiger partial charge in [0.1, 0.15) is 33.8 Å². The highest BCUT2D eigenvalue weighted by atomic mass is 16.6. The maximum atomic E-state index is 15.0. The predicted octanol–water partition coefficient (Wildman–Crippen LogP) is 11.9. The normalized spacial score (nSPS) is 14.4. The molecule has 0 unspecified atom stereocenters. The van der Waals surface area contributed by atoms with Crippen molar-refractivity contribution >= 4 is 35.0 Å². The molecule has 4 amide bonds. The van der Waals surface area contributed by atoms with E-state index in [2.05, 4.69) is 0 Å². The van der Waals surface area contributed by atoms with Gasteiger partial charge in [-0.15, -0.1) is 0 Å². The summed E-state index contributed by atoms with van der Waals surface area (Å²) in [6, 6.07) is 26.2. The van der Waals surface area contributed by atoms with Crippen molar-refractivity contribution in [1.29, 1.82) is 0 Å². The molecule has 5 aromatic carbocycles. The summed E-state index contributed by atoms with van der Waals surface area (Å²) >= 11 is 0. The lowest BCUT2D eigenvalue weighted by molar-refractivity contribution is 0.0790. The van der Waals surface area contributed by atoms with Gasteiger partial charge in [-0.25, -0.2) is 9.80 Å². The number of nitrogens with zero attached hydrogens (tertiary/aromatic N) is 2. The van der Waals surface area contributed by atoms with Gasteiger partial charge in [0, 0.05) is 0 Å². The fourth-order valence-corrected chi connectivity index (χ4v) is 7.39. The number of aryl methyl sites for hydroxylation is 2. The van der Waals surface area contributed by atoms with E-state index >= 15 is 9.59 Å². The minimum absolute atomic E-state index is 0.0848. The number of carbonyl (C=O) groups excluding carboxylic acids is 4. The van der Waals surface area contributed by atoms with Crippen LogP contribution in [0, 0.1) is 13.8 Å². The van der Waals surface area contributed by atoms with Crippen molar-refractivity contribution < 1.29 is 38.1 Å². The summed E-state index contributed by atoms with van der Waals surface area (Å²) in [7, 11) is 0. The zero-order chi connectivity index (χ0) is 45.4. The Bertz CT molecular complexity index is 2410. The highest BCUT2D eigenvalue weighted by Crippen LogP contribution is 2.62. The van der Waals surface area contributed by atoms with E-state index in [4.69, 9.17) is 18.9 Å². The summed E-state index contributed by atoms with van der Waals surface area (Å²) in [5, 5.41) is 0. The van der Waals surface area contributed by atoms with E-state index in [1.165, 1.54) is 0 Å². The molecule has 0 aromatic heterocycles. The number of amides is 4. The quantitative estimate of drug-likeness (QED) is 0.142. The van der Waals surface area contributed by atoms with E-state index in [1.54, 1.807) is 24.3 Å². The van der Waals surface area contributed by atoms with Gasteiger partial charge >= 0.3 is 0 Å². The van der Waals surface area contributed by atoms with Gasteiger partial charge in [-0.1, -0.05) is 71.8 Å². The minimum atomic E-state index is -0.990. The third-order valence-electron chi connectivity index (χ3n) is 9.90. The van der Waals surface area contributed by atoms with Crippen LogP contribution in [-0.4, -0.2) is 46.0 Å². The first-order valence-corrected chi connectivity index (χ1v) is 20.9. The Hall–Kier alpha value is -6.42. The Morgan fingerprint density at radius 1 is 0.339 bits per heavy atom. The number of carbonyl (C=O) groups is 4. The number of ether oxygens (including phenoxy) is 4. The second-order valence-electron chi connectivity index (χ2n) is 20.0. The van der Waals surface area contributed by atoms with Crippen LogP contribution in [-0.2, 0) is 0 Å². The average Bonchev–Trinajstić information content (AvgIpc) is 3.55. The van der Waals surface area contributed by atoms with Crippen LogP contribution in [0.15, 0.2) is 84.9 Å². The average molecular weight is 837 g/mol. The van der Waals surface area contributed by atoms with Crippen molar-refractivity contribution in [2.45, 2.75) is 119 Å². The largest absolute Gasteiger partial charge is 0.482 e. The van der Waals surface area contributed by atoms with Gasteiger partial charge in [-0.3, -0.25) is 19.2 Å². The van der Waals surface area contributed by atoms with Gasteiger partial charge in [0.25, 0.3) is 23.6 Å². The Labute approximate surface area is 364 Å². The van der Waals surface area contributed by atoms with Crippen molar-refractivity contribution in [3.05, 3.63) is 118 Å². The first kappa shape index (κ1) is 43.7. The molecule has 0 N–H and O–H groups in total. The second-order valence-corrected chi connectivity index (χ2v) is 20.0. The molecule has 0 bridgehead atoms. The van der Waals surface area contributed by atoms with Crippen LogP contribution in [0.1, 0.15) is 136 Å². The Balaban J connectivity index is 1.56. The first-order chi connectivity index (χ1) is 28.7. The molecule has 0 saturated heterocycles. The van der Waals surface area contributed by atoms with E-state index in [0.717, 1.165) is 43.2 Å². The lowest BCUT2D eigenvalue weighted by atomic mass is 9.99. The zero-order valence-electron chi connectivity index (χ0n) is 38.2. The Morgan fingerprint density at radius 2 is 0.581 bits per heavy atom. The topological polar surface area (TPSA) is 112 Å². The summed E-state index contributed by atoms with van der Waals surface area (Å²) in [6.07, 6.45) is 0. The molecule has 0 aliphatic carbocycles. The van der Waals surface area contributed by atoms with Crippen LogP contribution >= 0.6 is 0 Å². The van der Waals surface area contributed by atoms with Crippen LogP contribution in [0.5, 0.6) is 23.0 Å². The molecule has 0 fully saturated rings. The zero-order valence-corrected chi connectivity index (χ0v) is 38.2. The minimum Gasteiger partial charge on any atom is -0.482 e. The van der Waals surface area contributed by atoms with E-state index in [9.17, 15) is 9.59 Å². The van der Waals surface area contributed by atoms with Gasteiger partial charge in [-0.05, 0) is 143 Å². The molecule has 322 valence electrons. The van der Waals surface area contributed by atoms with Crippen molar-refractivity contribution in [3.63, 3.8) is 0 Å². The van der Waals surface area contributed by atoms with E-state index in [-0.39, 0.29) is 56.6 Å². The predicted molar refractivity (Wildman–Crippen MR) is 243 cm³/mol. The number of benzene rings is 5. The third-order valence-corrected chi connectivity index (χ3v) is 9.90. The van der Waals surface area contributed by atoms with Crippen LogP contribution in [0.4, 0.5) is 11.4 Å². The van der Waals surface area contributed by atoms with Gasteiger partial charge in [0.2, 0.25) is 0 Å². The standard InChI is InChI=1S/C52H56N2O8/c1-29-15-19-31(20-16-29)33-23-25-35-37(27-33)47(57)53(45(35)55)39-41(59-49(3,4)5)43(61-51(9,10)11)40(44(62-52(12,13)14)42(39)60-50(6,7)8)54-46(56)36-26-24-34(28-38(36)48(54)58)32-21-17-30(2)18-22-32/h15-28H,1-14H3. The number of anilines is 2. The monoisotopic (exact) mass is 836 g/mol. The van der Waals surface area contributed by atoms with E-state index in [0.29, 0.717) is 0 Å². The molecule has 0 saturated carbocycles. The Kier molecular flexibility index (Phi) is 10.7. The fourth-order valence-electron chi connectivity index (χ4n) is 7.39. The van der Waals surface area contributed by atoms with Gasteiger partial charge < -0.3 is 18.9 Å². The van der Waals surface area contributed by atoms with Crippen molar-refractivity contribution in [3.8, 4) is 45.3 Å². The molecule has 0 radical (unpaired) electrons. The maximum absolute atomic E-state index is 15.0. The number of rotatable bonds is 8. The molecular weight excluding hydrogens is 781 g/mol. The van der Waals surface area contributed by atoms with E-state index in [1.807, 2.05) is 158 Å². The molecule has 0 spiro atoms. The van der Waals surface area contributed by atoms with Crippen molar-refractivity contribution in [2.24, 2.45) is 0 Å². The SMILES string of the molecule is Cc1ccc(-c2ccc3c(c2)C(=O)N(c2c(OC(C)(C)C)c(OC(C)(C)C)c(N4C(=O)c5ccc(-c6ccc(C)cc6)cc5C4=O)c(OC(C)(C)C)c2OC(C)(C)C)C3=O)cc1. The van der Waals surface area contributed by atoms with Crippen molar-refractivity contribution in [2.75, 3.05) is 9.80 Å². The van der Waals surface area contributed by atoms with Crippen LogP contribution in [0.2, 0.25) is 0 Å². The van der Waals surface area contributed by atoms with Gasteiger partial charge in [0.05, 0.1) is 22.3 Å². The van der Waals surface area contributed by atoms with Crippen LogP contribution < -0.4 is 28.7 Å². The van der Waals surface area contributed by atoms with Gasteiger partial charge in [-0.2, -0.15) is 0 Å². The number of hydrogen-bond donors (Lipinski definition) is 0. The molecule has 7 rings (SSSR count). The summed E-state index contributed by atoms with van der Waals surface area (Å²) in [5.41, 5.74) is 2.03. The van der Waals surface area contributed by atoms with Crippen LogP contribution in [0.3, 0.4) is 0 Å². The number of hydrogen-bond acceptors (Lipinski definition) is 8. The molecule has 2 aliphatic rings. The highest BCUT2D eigenvalue weighted by molar-refractivity contribution is 6.38.